The summed E-state index contributed by atoms with van der Waals surface area (Å²) in [5.41, 5.74) is 8.32. The molecule has 10 nitrogen and oxygen atoms in total. The van der Waals surface area contributed by atoms with Gasteiger partial charge in [-0.05, 0) is 80.8 Å². The molecule has 0 bridgehead atoms. The minimum absolute atomic E-state index is 0.00191. The molecule has 3 heterocycles. The molecule has 0 radical (unpaired) electrons. The zero-order valence-electron chi connectivity index (χ0n) is 27.4. The van der Waals surface area contributed by atoms with E-state index in [1.807, 2.05) is 4.90 Å². The van der Waals surface area contributed by atoms with E-state index in [4.69, 9.17) is 22.3 Å². The van der Waals surface area contributed by atoms with Crippen molar-refractivity contribution >= 4 is 52.8 Å². The average Bonchev–Trinajstić information content (AvgIpc) is 3.86. The van der Waals surface area contributed by atoms with Gasteiger partial charge in [0.05, 0.1) is 44.4 Å². The number of hydrogen-bond acceptors (Lipinski definition) is 8. The number of aliphatic imine (C=N–C) groups is 1. The van der Waals surface area contributed by atoms with E-state index in [0.29, 0.717) is 48.6 Å². The highest BCUT2D eigenvalue weighted by Gasteiger charge is 2.45. The Morgan fingerprint density at radius 2 is 1.78 bits per heavy atom. The Morgan fingerprint density at radius 3 is 2.41 bits per heavy atom. The lowest BCUT2D eigenvalue weighted by Crippen LogP contribution is -2.54. The van der Waals surface area contributed by atoms with Crippen molar-refractivity contribution in [3.05, 3.63) is 81.7 Å². The summed E-state index contributed by atoms with van der Waals surface area (Å²) in [7, 11) is 0. The number of fused-ring (bicyclic) bond motifs is 1. The molecule has 0 aromatic heterocycles. The lowest BCUT2D eigenvalue weighted by molar-refractivity contribution is -0.138. The topological polar surface area (TPSA) is 137 Å². The standard InChI is InChI=1S/C37H34ClF3N6O4/c1-20(44-29-10-7-24(15-28(29)38)37(39,40)41)36(13-2-14-36)43-17-23(32(42)22-5-6-22)4-3-21-18-46(19-21)25-8-9-26-27(16-25)35(51)47(34(26)50)30-11-12-31(48)45-33(30)49/h7-10,15-17,21-22,30,44H,1-2,5-6,11-14,18-19,42H2,(H,45,48,49). The predicted octanol–water partition coefficient (Wildman–Crippen LogP) is 5.44. The summed E-state index contributed by atoms with van der Waals surface area (Å²) >= 11 is 6.18. The number of benzene rings is 2. The first-order valence-corrected chi connectivity index (χ1v) is 17.1. The van der Waals surface area contributed by atoms with Crippen molar-refractivity contribution in [3.8, 4) is 11.8 Å². The van der Waals surface area contributed by atoms with E-state index in [0.717, 1.165) is 42.0 Å². The molecule has 264 valence electrons. The molecule has 5 aliphatic rings. The van der Waals surface area contributed by atoms with Gasteiger partial charge in [0.1, 0.15) is 6.04 Å². The van der Waals surface area contributed by atoms with E-state index >= 15 is 0 Å². The average molecular weight is 719 g/mol. The van der Waals surface area contributed by atoms with Crippen LogP contribution in [-0.2, 0) is 15.8 Å². The zero-order chi connectivity index (χ0) is 36.2. The minimum Gasteiger partial charge on any atom is -0.401 e. The van der Waals surface area contributed by atoms with Gasteiger partial charge in [0.2, 0.25) is 11.8 Å². The number of carbonyl (C=O) groups is 4. The fraction of sp³-hybridized carbons (Fsp3) is 0.378. The van der Waals surface area contributed by atoms with Gasteiger partial charge in [-0.25, -0.2) is 0 Å². The van der Waals surface area contributed by atoms with Crippen LogP contribution in [0, 0.1) is 23.7 Å². The van der Waals surface area contributed by atoms with E-state index in [1.165, 1.54) is 6.07 Å². The Balaban J connectivity index is 1.02. The number of allylic oxidation sites excluding steroid dienone is 2. The molecule has 14 heteroatoms. The van der Waals surface area contributed by atoms with Gasteiger partial charge in [0.25, 0.3) is 11.8 Å². The molecule has 4 N–H and O–H groups in total. The number of rotatable bonds is 8. The highest BCUT2D eigenvalue weighted by atomic mass is 35.5. The number of anilines is 2. The number of imide groups is 2. The van der Waals surface area contributed by atoms with Gasteiger partial charge < -0.3 is 16.0 Å². The monoisotopic (exact) mass is 718 g/mol. The Labute approximate surface area is 297 Å². The molecular weight excluding hydrogens is 685 g/mol. The number of halogens is 4. The lowest BCUT2D eigenvalue weighted by Gasteiger charge is -2.40. The van der Waals surface area contributed by atoms with Crippen LogP contribution in [0.3, 0.4) is 0 Å². The predicted molar refractivity (Wildman–Crippen MR) is 185 cm³/mol. The molecule has 2 saturated heterocycles. The van der Waals surface area contributed by atoms with Crippen LogP contribution in [-0.4, -0.2) is 59.4 Å². The van der Waals surface area contributed by atoms with Crippen LogP contribution in [0.2, 0.25) is 5.02 Å². The maximum Gasteiger partial charge on any atom is 0.416 e. The SMILES string of the molecule is C=C(Nc1ccc(C(F)(F)F)cc1Cl)C1(N=CC(C#CC2CN(c3ccc4c(c3)C(=O)N(C3CCC(=O)NC3=O)C4=O)C2)=C(N)C2CC2)CCC1. The summed E-state index contributed by atoms with van der Waals surface area (Å²) in [5, 5.41) is 5.21. The van der Waals surface area contributed by atoms with Crippen molar-refractivity contribution in [2.75, 3.05) is 23.3 Å². The van der Waals surface area contributed by atoms with Crippen molar-refractivity contribution in [2.45, 2.75) is 62.7 Å². The summed E-state index contributed by atoms with van der Waals surface area (Å²) in [4.78, 5) is 58.1. The summed E-state index contributed by atoms with van der Waals surface area (Å²) in [6, 6.07) is 7.12. The third kappa shape index (κ3) is 6.60. The number of nitrogens with two attached hydrogens (primary N) is 1. The van der Waals surface area contributed by atoms with Crippen LogP contribution >= 0.6 is 11.6 Å². The highest BCUT2D eigenvalue weighted by Crippen LogP contribution is 2.43. The maximum atomic E-state index is 13.2. The molecular formula is C37H34ClF3N6O4. The van der Waals surface area contributed by atoms with Crippen molar-refractivity contribution < 1.29 is 32.3 Å². The number of hydrogen-bond donors (Lipinski definition) is 3. The first-order valence-electron chi connectivity index (χ1n) is 16.7. The molecule has 2 saturated carbocycles. The van der Waals surface area contributed by atoms with E-state index in [9.17, 15) is 32.3 Å². The zero-order valence-corrected chi connectivity index (χ0v) is 28.2. The van der Waals surface area contributed by atoms with Crippen molar-refractivity contribution in [2.24, 2.45) is 22.6 Å². The number of amides is 4. The molecule has 4 fully saturated rings. The Bertz CT molecular complexity index is 2000. The van der Waals surface area contributed by atoms with Gasteiger partial charge in [0, 0.05) is 42.8 Å². The van der Waals surface area contributed by atoms with Crippen molar-refractivity contribution in [3.63, 3.8) is 0 Å². The Kier molecular flexibility index (Phi) is 8.70. The number of piperidine rings is 1. The molecule has 0 spiro atoms. The normalized spacial score (nSPS) is 22.1. The number of alkyl halides is 3. The second-order valence-corrected chi connectivity index (χ2v) is 14.0. The van der Waals surface area contributed by atoms with E-state index in [2.05, 4.69) is 29.1 Å². The summed E-state index contributed by atoms with van der Waals surface area (Å²) in [5.74, 6) is 4.59. The molecule has 2 aromatic carbocycles. The fourth-order valence-electron chi connectivity index (χ4n) is 6.69. The molecule has 3 aliphatic heterocycles. The minimum atomic E-state index is -4.51. The van der Waals surface area contributed by atoms with Gasteiger partial charge in [-0.1, -0.05) is 30.0 Å². The second kappa shape index (κ2) is 12.9. The first kappa shape index (κ1) is 34.4. The van der Waals surface area contributed by atoms with Crippen LogP contribution in [0.15, 0.2) is 64.9 Å². The third-order valence-corrected chi connectivity index (χ3v) is 10.5. The number of nitrogens with one attached hydrogen (secondary N) is 2. The molecule has 1 unspecified atom stereocenters. The van der Waals surface area contributed by atoms with Crippen LogP contribution in [0.1, 0.15) is 71.2 Å². The Hall–Kier alpha value is -5.09. The maximum absolute atomic E-state index is 13.2. The largest absolute Gasteiger partial charge is 0.416 e. The van der Waals surface area contributed by atoms with Gasteiger partial charge in [0.15, 0.2) is 0 Å². The number of carbonyl (C=O) groups excluding carboxylic acids is 4. The van der Waals surface area contributed by atoms with Crippen molar-refractivity contribution in [1.29, 1.82) is 0 Å². The molecule has 2 aromatic rings. The molecule has 2 aliphatic carbocycles. The summed E-state index contributed by atoms with van der Waals surface area (Å²) in [6.45, 7) is 5.32. The van der Waals surface area contributed by atoms with E-state index in [-0.39, 0.29) is 40.8 Å². The quantitative estimate of drug-likeness (QED) is 0.188. The van der Waals surface area contributed by atoms with Crippen LogP contribution in [0.4, 0.5) is 24.5 Å². The van der Waals surface area contributed by atoms with Gasteiger partial charge in [-0.15, -0.1) is 0 Å². The van der Waals surface area contributed by atoms with Gasteiger partial charge in [-0.3, -0.25) is 34.4 Å². The van der Waals surface area contributed by atoms with Crippen LogP contribution < -0.4 is 21.3 Å². The van der Waals surface area contributed by atoms with Crippen LogP contribution in [0.5, 0.6) is 0 Å². The molecule has 1 atom stereocenters. The third-order valence-electron chi connectivity index (χ3n) is 10.2. The van der Waals surface area contributed by atoms with Crippen molar-refractivity contribution in [1.82, 2.24) is 10.2 Å². The summed E-state index contributed by atoms with van der Waals surface area (Å²) in [6.07, 6.45) is 1.54. The molecule has 4 amide bonds. The first-order chi connectivity index (χ1) is 24.2. The molecule has 51 heavy (non-hydrogen) atoms. The van der Waals surface area contributed by atoms with Gasteiger partial charge in [-0.2, -0.15) is 13.2 Å². The highest BCUT2D eigenvalue weighted by molar-refractivity contribution is 6.33. The molecule has 7 rings (SSSR count). The fourth-order valence-corrected chi connectivity index (χ4v) is 6.92. The van der Waals surface area contributed by atoms with E-state index < -0.39 is 46.9 Å². The smallest absolute Gasteiger partial charge is 0.401 e. The van der Waals surface area contributed by atoms with Gasteiger partial charge >= 0.3 is 6.18 Å². The Morgan fingerprint density at radius 1 is 1.06 bits per heavy atom. The summed E-state index contributed by atoms with van der Waals surface area (Å²) < 4.78 is 39.4. The van der Waals surface area contributed by atoms with E-state index in [1.54, 1.807) is 24.4 Å². The number of nitrogens with zero attached hydrogens (tertiary/aromatic N) is 3. The van der Waals surface area contributed by atoms with Crippen LogP contribution in [0.25, 0.3) is 0 Å². The second-order valence-electron chi connectivity index (χ2n) is 13.6. The lowest BCUT2D eigenvalue weighted by atomic mass is 9.75.